The second kappa shape index (κ2) is 13.6. The third-order valence-electron chi connectivity index (χ3n) is 7.56. The summed E-state index contributed by atoms with van der Waals surface area (Å²) in [5, 5.41) is 1.89. The van der Waals surface area contributed by atoms with Gasteiger partial charge in [-0.3, -0.25) is 0 Å². The first-order valence-electron chi connectivity index (χ1n) is 14.4. The Kier molecular flexibility index (Phi) is 9.93. The zero-order chi connectivity index (χ0) is 26.0. The van der Waals surface area contributed by atoms with E-state index in [1.165, 1.54) is 63.4 Å². The van der Waals surface area contributed by atoms with Crippen LogP contribution in [-0.2, 0) is 12.8 Å². The van der Waals surface area contributed by atoms with E-state index in [9.17, 15) is 4.79 Å². The van der Waals surface area contributed by atoms with Crippen LogP contribution in [0, 0.1) is 5.82 Å². The largest absolute Gasteiger partial charge is 0.419 e. The van der Waals surface area contributed by atoms with Crippen LogP contribution in [0.2, 0.25) is 0 Å². The van der Waals surface area contributed by atoms with Gasteiger partial charge in [-0.2, -0.15) is 0 Å². The molecule has 4 aromatic rings. The molecule has 0 aliphatic heterocycles. The van der Waals surface area contributed by atoms with Gasteiger partial charge >= 0.3 is 5.63 Å². The predicted octanol–water partition coefficient (Wildman–Crippen LogP) is 10.2. The molecule has 0 N–H and O–H groups in total. The Balaban J connectivity index is 1.50. The number of hydrogen-bond donors (Lipinski definition) is 0. The van der Waals surface area contributed by atoms with Crippen LogP contribution in [0.3, 0.4) is 0 Å². The Labute approximate surface area is 220 Å². The number of unbranched alkanes of at least 4 members (excludes halogenated alkanes) is 9. The second-order valence-corrected chi connectivity index (χ2v) is 10.4. The molecule has 3 aromatic carbocycles. The van der Waals surface area contributed by atoms with Crippen molar-refractivity contribution in [2.75, 3.05) is 0 Å². The van der Waals surface area contributed by atoms with Gasteiger partial charge in [-0.1, -0.05) is 120 Å². The van der Waals surface area contributed by atoms with Crippen molar-refractivity contribution in [3.63, 3.8) is 0 Å². The van der Waals surface area contributed by atoms with Gasteiger partial charge in [0.1, 0.15) is 0 Å². The minimum atomic E-state index is -0.483. The van der Waals surface area contributed by atoms with E-state index >= 15 is 4.39 Å². The van der Waals surface area contributed by atoms with Crippen molar-refractivity contribution >= 4 is 21.7 Å². The Morgan fingerprint density at radius 2 is 1.22 bits per heavy atom. The van der Waals surface area contributed by atoms with Crippen molar-refractivity contribution in [1.29, 1.82) is 0 Å². The molecule has 0 radical (unpaired) electrons. The van der Waals surface area contributed by atoms with Crippen LogP contribution in [0.4, 0.5) is 4.39 Å². The van der Waals surface area contributed by atoms with Crippen LogP contribution in [-0.4, -0.2) is 0 Å². The third kappa shape index (κ3) is 6.89. The average Bonchev–Trinajstić information content (AvgIpc) is 2.92. The first kappa shape index (κ1) is 27.1. The van der Waals surface area contributed by atoms with Crippen LogP contribution < -0.4 is 5.63 Å². The molecule has 0 fully saturated rings. The maximum Gasteiger partial charge on any atom is 0.344 e. The Morgan fingerprint density at radius 3 is 1.95 bits per heavy atom. The molecule has 0 bridgehead atoms. The molecule has 0 saturated heterocycles. The molecule has 196 valence electrons. The van der Waals surface area contributed by atoms with E-state index in [1.807, 2.05) is 30.3 Å². The van der Waals surface area contributed by atoms with Crippen molar-refractivity contribution in [3.8, 4) is 11.1 Å². The molecule has 0 atom stereocenters. The highest BCUT2D eigenvalue weighted by molar-refractivity contribution is 6.05. The van der Waals surface area contributed by atoms with Gasteiger partial charge < -0.3 is 4.42 Å². The fraction of sp³-hybridized carbons (Fsp3) is 0.441. The number of halogens is 1. The monoisotopic (exact) mass is 500 g/mol. The lowest BCUT2D eigenvalue weighted by Crippen LogP contribution is -2.03. The summed E-state index contributed by atoms with van der Waals surface area (Å²) in [6.07, 6.45) is 15.1. The number of fused-ring (bicyclic) bond motifs is 3. The molecule has 0 unspecified atom stereocenters. The van der Waals surface area contributed by atoms with E-state index in [0.29, 0.717) is 22.8 Å². The van der Waals surface area contributed by atoms with Gasteiger partial charge in [-0.05, 0) is 54.0 Å². The highest BCUT2D eigenvalue weighted by Crippen LogP contribution is 2.30. The molecule has 37 heavy (non-hydrogen) atoms. The van der Waals surface area contributed by atoms with E-state index in [4.69, 9.17) is 4.42 Å². The van der Waals surface area contributed by atoms with E-state index in [-0.39, 0.29) is 11.4 Å². The first-order chi connectivity index (χ1) is 18.1. The standard InChI is InChI=1S/C34H41FO2/c1-3-5-7-9-10-11-13-15-27-20-23-30-29-22-21-28(24-31(29)34(36)37-33(30)32(27)35)26-18-16-25(17-19-26)14-12-8-6-4-2/h16-24H,3-15H2,1-2H3. The summed E-state index contributed by atoms with van der Waals surface area (Å²) >= 11 is 0. The average molecular weight is 501 g/mol. The summed E-state index contributed by atoms with van der Waals surface area (Å²) in [7, 11) is 0. The van der Waals surface area contributed by atoms with Gasteiger partial charge in [0.2, 0.25) is 0 Å². The second-order valence-electron chi connectivity index (χ2n) is 10.4. The van der Waals surface area contributed by atoms with Gasteiger partial charge in [-0.25, -0.2) is 9.18 Å². The minimum absolute atomic E-state index is 0.0816. The number of rotatable bonds is 14. The third-order valence-corrected chi connectivity index (χ3v) is 7.56. The quantitative estimate of drug-likeness (QED) is 0.0979. The highest BCUT2D eigenvalue weighted by atomic mass is 19.1. The molecule has 0 aliphatic carbocycles. The molecular formula is C34H41FO2. The normalized spacial score (nSPS) is 11.5. The SMILES string of the molecule is CCCCCCCCCc1ccc2c(oc(=O)c3cc(-c4ccc(CCCCCC)cc4)ccc32)c1F. The van der Waals surface area contributed by atoms with Gasteiger partial charge in [0.15, 0.2) is 11.4 Å². The zero-order valence-electron chi connectivity index (χ0n) is 22.6. The fourth-order valence-electron chi connectivity index (χ4n) is 5.27. The Hall–Kier alpha value is -2.94. The number of aryl methyl sites for hydroxylation is 2. The predicted molar refractivity (Wildman–Crippen MR) is 155 cm³/mol. The van der Waals surface area contributed by atoms with E-state index in [0.717, 1.165) is 35.8 Å². The molecule has 1 aromatic heterocycles. The number of hydrogen-bond acceptors (Lipinski definition) is 2. The molecule has 0 aliphatic rings. The lowest BCUT2D eigenvalue weighted by Gasteiger charge is -2.10. The molecule has 0 amide bonds. The molecule has 1 heterocycles. The van der Waals surface area contributed by atoms with E-state index < -0.39 is 5.63 Å². The molecule has 3 heteroatoms. The van der Waals surface area contributed by atoms with E-state index in [1.54, 1.807) is 0 Å². The van der Waals surface area contributed by atoms with Crippen LogP contribution >= 0.6 is 0 Å². The van der Waals surface area contributed by atoms with Crippen molar-refractivity contribution < 1.29 is 8.81 Å². The molecule has 4 rings (SSSR count). The van der Waals surface area contributed by atoms with Crippen LogP contribution in [0.1, 0.15) is 95.6 Å². The molecule has 2 nitrogen and oxygen atoms in total. The van der Waals surface area contributed by atoms with Crippen LogP contribution in [0.25, 0.3) is 32.9 Å². The summed E-state index contributed by atoms with van der Waals surface area (Å²) in [5.74, 6) is -0.388. The highest BCUT2D eigenvalue weighted by Gasteiger charge is 2.15. The van der Waals surface area contributed by atoms with Crippen molar-refractivity contribution in [2.45, 2.75) is 97.3 Å². The van der Waals surface area contributed by atoms with E-state index in [2.05, 4.69) is 38.1 Å². The smallest absolute Gasteiger partial charge is 0.344 e. The zero-order valence-corrected chi connectivity index (χ0v) is 22.6. The van der Waals surface area contributed by atoms with Crippen LogP contribution in [0.5, 0.6) is 0 Å². The molecular weight excluding hydrogens is 459 g/mol. The summed E-state index contributed by atoms with van der Waals surface area (Å²) in [6, 6.07) is 18.2. The lowest BCUT2D eigenvalue weighted by molar-refractivity contribution is 0.521. The van der Waals surface area contributed by atoms with Crippen molar-refractivity contribution in [2.24, 2.45) is 0 Å². The van der Waals surface area contributed by atoms with Gasteiger partial charge in [0.25, 0.3) is 0 Å². The Morgan fingerprint density at radius 1 is 0.622 bits per heavy atom. The summed E-state index contributed by atoms with van der Waals surface area (Å²) in [6.45, 7) is 4.45. The molecule has 0 spiro atoms. The van der Waals surface area contributed by atoms with Crippen molar-refractivity contribution in [1.82, 2.24) is 0 Å². The lowest BCUT2D eigenvalue weighted by atomic mass is 9.97. The summed E-state index contributed by atoms with van der Waals surface area (Å²) in [5.41, 5.74) is 3.61. The Bertz CT molecular complexity index is 1350. The van der Waals surface area contributed by atoms with Gasteiger partial charge in [-0.15, -0.1) is 0 Å². The fourth-order valence-corrected chi connectivity index (χ4v) is 5.27. The first-order valence-corrected chi connectivity index (χ1v) is 14.4. The van der Waals surface area contributed by atoms with Crippen LogP contribution in [0.15, 0.2) is 63.8 Å². The number of benzene rings is 3. The van der Waals surface area contributed by atoms with Crippen molar-refractivity contribution in [3.05, 3.63) is 82.0 Å². The molecule has 0 saturated carbocycles. The summed E-state index contributed by atoms with van der Waals surface area (Å²) < 4.78 is 20.9. The minimum Gasteiger partial charge on any atom is -0.419 e. The topological polar surface area (TPSA) is 30.2 Å². The summed E-state index contributed by atoms with van der Waals surface area (Å²) in [4.78, 5) is 12.9. The maximum atomic E-state index is 15.3. The maximum absolute atomic E-state index is 15.3. The van der Waals surface area contributed by atoms with Gasteiger partial charge in [0.05, 0.1) is 5.39 Å². The van der Waals surface area contributed by atoms with Gasteiger partial charge in [0, 0.05) is 10.8 Å².